The van der Waals surface area contributed by atoms with Crippen molar-refractivity contribution in [3.8, 4) is 0 Å². The van der Waals surface area contributed by atoms with Crippen LogP contribution in [0.1, 0.15) is 20.3 Å². The molecule has 0 spiro atoms. The fraction of sp³-hybridized carbons (Fsp3) is 0.857. The molecule has 1 saturated heterocycles. The summed E-state index contributed by atoms with van der Waals surface area (Å²) < 4.78 is 10.6. The summed E-state index contributed by atoms with van der Waals surface area (Å²) >= 11 is 0.640. The maximum absolute atomic E-state index is 10.6. The molecular formula is C7H13NOS. The largest absolute Gasteiger partial charge is 0.270 e. The number of hydrogen-bond donors (Lipinski definition) is 0. The van der Waals surface area contributed by atoms with Crippen molar-refractivity contribution in [2.45, 2.75) is 20.3 Å². The molecule has 0 aromatic rings. The molecule has 0 aliphatic carbocycles. The smallest absolute Gasteiger partial charge is 0.105 e. The zero-order valence-corrected chi connectivity index (χ0v) is 7.49. The second-order valence-electron chi connectivity index (χ2n) is 3.44. The van der Waals surface area contributed by atoms with E-state index in [2.05, 4.69) is 18.7 Å². The van der Waals surface area contributed by atoms with Crippen molar-refractivity contribution in [2.75, 3.05) is 13.6 Å². The van der Waals surface area contributed by atoms with Crippen molar-refractivity contribution in [2.24, 2.45) is 5.41 Å². The molecule has 3 heteroatoms. The van der Waals surface area contributed by atoms with Crippen LogP contribution in [0.25, 0.3) is 0 Å². The van der Waals surface area contributed by atoms with E-state index in [9.17, 15) is 4.21 Å². The number of rotatable bonds is 0. The van der Waals surface area contributed by atoms with Crippen molar-refractivity contribution in [3.05, 3.63) is 0 Å². The minimum Gasteiger partial charge on any atom is -0.270 e. The van der Waals surface area contributed by atoms with Crippen molar-refractivity contribution >= 4 is 16.2 Å². The van der Waals surface area contributed by atoms with Crippen LogP contribution in [0.2, 0.25) is 0 Å². The fourth-order valence-corrected chi connectivity index (χ4v) is 1.89. The molecule has 1 rings (SSSR count). The molecule has 0 aromatic heterocycles. The highest BCUT2D eigenvalue weighted by Crippen LogP contribution is 2.29. The van der Waals surface area contributed by atoms with E-state index in [1.807, 2.05) is 7.05 Å². The van der Waals surface area contributed by atoms with Gasteiger partial charge in [-0.05, 0) is 13.5 Å². The van der Waals surface area contributed by atoms with Crippen molar-refractivity contribution in [3.63, 3.8) is 0 Å². The summed E-state index contributed by atoms with van der Waals surface area (Å²) in [6.45, 7) is 5.27. The van der Waals surface area contributed by atoms with Crippen molar-refractivity contribution in [1.29, 1.82) is 0 Å². The summed E-state index contributed by atoms with van der Waals surface area (Å²) in [6, 6.07) is 0. The van der Waals surface area contributed by atoms with E-state index >= 15 is 0 Å². The Hall–Kier alpha value is -0.150. The maximum atomic E-state index is 10.6. The minimum absolute atomic E-state index is 0.126. The highest BCUT2D eigenvalue weighted by atomic mass is 32.1. The first-order valence-corrected chi connectivity index (χ1v) is 4.20. The van der Waals surface area contributed by atoms with Gasteiger partial charge in [-0.2, -0.15) is 0 Å². The third-order valence-electron chi connectivity index (χ3n) is 2.08. The summed E-state index contributed by atoms with van der Waals surface area (Å²) in [4.78, 5) is 3.03. The van der Waals surface area contributed by atoms with E-state index in [-0.39, 0.29) is 5.41 Å². The molecule has 1 aliphatic rings. The first-order chi connectivity index (χ1) is 4.58. The van der Waals surface area contributed by atoms with Crippen LogP contribution in [0, 0.1) is 5.41 Å². The lowest BCUT2D eigenvalue weighted by atomic mass is 9.93. The quantitative estimate of drug-likeness (QED) is 0.485. The number of likely N-dealkylation sites (tertiary alicyclic amines) is 1. The summed E-state index contributed by atoms with van der Waals surface area (Å²) in [5.41, 5.74) is 0.126. The van der Waals surface area contributed by atoms with Gasteiger partial charge in [-0.25, -0.2) is 4.21 Å². The second kappa shape index (κ2) is 2.47. The molecule has 1 fully saturated rings. The lowest BCUT2D eigenvalue weighted by Crippen LogP contribution is -2.27. The molecule has 1 heterocycles. The number of hydrogen-bond acceptors (Lipinski definition) is 1. The molecule has 0 radical (unpaired) electrons. The Bertz CT molecular complexity index is 194. The van der Waals surface area contributed by atoms with Gasteiger partial charge in [0.1, 0.15) is 11.3 Å². The van der Waals surface area contributed by atoms with Gasteiger partial charge in [-0.1, -0.05) is 13.8 Å². The van der Waals surface area contributed by atoms with E-state index in [1.54, 1.807) is 0 Å². The molecule has 0 atom stereocenters. The highest BCUT2D eigenvalue weighted by molar-refractivity contribution is 7.66. The molecule has 0 unspecified atom stereocenters. The van der Waals surface area contributed by atoms with Gasteiger partial charge in [0, 0.05) is 12.0 Å². The Kier molecular flexibility index (Phi) is 1.97. The van der Waals surface area contributed by atoms with Crippen LogP contribution in [-0.4, -0.2) is 27.7 Å². The van der Waals surface area contributed by atoms with Gasteiger partial charge in [-0.15, -0.1) is 0 Å². The predicted octanol–water partition coefficient (Wildman–Crippen LogP) is 0.691. The zero-order chi connectivity index (χ0) is 7.78. The van der Waals surface area contributed by atoms with Gasteiger partial charge in [0.25, 0.3) is 0 Å². The Morgan fingerprint density at radius 1 is 1.60 bits per heavy atom. The molecule has 0 aromatic carbocycles. The summed E-state index contributed by atoms with van der Waals surface area (Å²) in [5.74, 6) is 0. The first kappa shape index (κ1) is 7.95. The maximum Gasteiger partial charge on any atom is 0.105 e. The topological polar surface area (TPSA) is 20.3 Å². The lowest BCUT2D eigenvalue weighted by Gasteiger charge is -2.17. The van der Waals surface area contributed by atoms with Crippen LogP contribution >= 0.6 is 0 Å². The molecular weight excluding hydrogens is 146 g/mol. The normalized spacial score (nSPS) is 25.3. The van der Waals surface area contributed by atoms with Crippen LogP contribution in [0.15, 0.2) is 0 Å². The van der Waals surface area contributed by atoms with Gasteiger partial charge < -0.3 is 0 Å². The minimum atomic E-state index is 0.126. The SMILES string of the molecule is CN1CCC(C)(C)C1=S=O. The van der Waals surface area contributed by atoms with E-state index in [0.717, 1.165) is 18.0 Å². The molecule has 0 amide bonds. The monoisotopic (exact) mass is 159 g/mol. The van der Waals surface area contributed by atoms with Gasteiger partial charge in [0.2, 0.25) is 0 Å². The molecule has 2 nitrogen and oxygen atoms in total. The number of nitrogens with zero attached hydrogens (tertiary/aromatic N) is 1. The standard InChI is InChI=1S/C7H13NOS/c1-7(2)4-5-8(3)6(7)10-9/h4-5H2,1-3H3. The van der Waals surface area contributed by atoms with E-state index in [4.69, 9.17) is 0 Å². The fourth-order valence-electron chi connectivity index (χ4n) is 1.35. The molecule has 1 aliphatic heterocycles. The first-order valence-electron chi connectivity index (χ1n) is 3.46. The van der Waals surface area contributed by atoms with E-state index in [0.29, 0.717) is 11.3 Å². The Morgan fingerprint density at radius 2 is 2.20 bits per heavy atom. The van der Waals surface area contributed by atoms with E-state index in [1.165, 1.54) is 0 Å². The lowest BCUT2D eigenvalue weighted by molar-refractivity contribution is 0.511. The van der Waals surface area contributed by atoms with Crippen LogP contribution in [0.4, 0.5) is 0 Å². The Morgan fingerprint density at radius 3 is 2.40 bits per heavy atom. The van der Waals surface area contributed by atoms with Crippen LogP contribution < -0.4 is 0 Å². The van der Waals surface area contributed by atoms with Crippen LogP contribution in [0.3, 0.4) is 0 Å². The van der Waals surface area contributed by atoms with Crippen LogP contribution in [0.5, 0.6) is 0 Å². The average Bonchev–Trinajstić information content (AvgIpc) is 2.07. The summed E-state index contributed by atoms with van der Waals surface area (Å²) in [5, 5.41) is 0. The Labute approximate surface area is 65.3 Å². The molecule has 0 N–H and O–H groups in total. The second-order valence-corrected chi connectivity index (χ2v) is 4.00. The predicted molar refractivity (Wildman–Crippen MR) is 44.2 cm³/mol. The molecule has 0 bridgehead atoms. The third-order valence-corrected chi connectivity index (χ3v) is 3.10. The highest BCUT2D eigenvalue weighted by Gasteiger charge is 2.34. The average molecular weight is 159 g/mol. The molecule has 58 valence electrons. The van der Waals surface area contributed by atoms with E-state index < -0.39 is 0 Å². The van der Waals surface area contributed by atoms with Crippen LogP contribution in [-0.2, 0) is 11.3 Å². The summed E-state index contributed by atoms with van der Waals surface area (Å²) in [6.07, 6.45) is 1.11. The third kappa shape index (κ3) is 1.16. The van der Waals surface area contributed by atoms with Gasteiger partial charge >= 0.3 is 0 Å². The van der Waals surface area contributed by atoms with Crippen molar-refractivity contribution in [1.82, 2.24) is 4.90 Å². The molecule has 0 saturated carbocycles. The van der Waals surface area contributed by atoms with Gasteiger partial charge in [0.05, 0.1) is 4.99 Å². The van der Waals surface area contributed by atoms with Gasteiger partial charge in [-0.3, -0.25) is 4.90 Å². The van der Waals surface area contributed by atoms with Gasteiger partial charge in [0.15, 0.2) is 0 Å². The zero-order valence-electron chi connectivity index (χ0n) is 6.68. The van der Waals surface area contributed by atoms with Crippen molar-refractivity contribution < 1.29 is 4.21 Å². The molecule has 10 heavy (non-hydrogen) atoms. The Balaban J connectivity index is 2.95. The summed E-state index contributed by atoms with van der Waals surface area (Å²) in [7, 11) is 1.98.